The summed E-state index contributed by atoms with van der Waals surface area (Å²) in [5.41, 5.74) is 7.40. The van der Waals surface area contributed by atoms with Crippen LogP contribution in [-0.4, -0.2) is 22.9 Å². The Balaban J connectivity index is 2.07. The number of anilines is 1. The molecule has 4 heteroatoms. The third kappa shape index (κ3) is 2.44. The summed E-state index contributed by atoms with van der Waals surface area (Å²) in [5, 5.41) is 1.57. The van der Waals surface area contributed by atoms with Gasteiger partial charge in [-0.25, -0.2) is 4.98 Å². The van der Waals surface area contributed by atoms with E-state index < -0.39 is 0 Å². The van der Waals surface area contributed by atoms with Gasteiger partial charge in [0.15, 0.2) is 0 Å². The van der Waals surface area contributed by atoms with Gasteiger partial charge in [0.1, 0.15) is 0 Å². The zero-order valence-corrected chi connectivity index (χ0v) is 9.88. The van der Waals surface area contributed by atoms with Crippen molar-refractivity contribution in [3.05, 3.63) is 17.8 Å². The third-order valence-corrected chi connectivity index (χ3v) is 4.07. The van der Waals surface area contributed by atoms with E-state index in [1.807, 2.05) is 19.1 Å². The number of thioether (sulfide) groups is 1. The molecular weight excluding hydrogens is 208 g/mol. The molecule has 1 saturated heterocycles. The molecule has 2 unspecified atom stereocenters. The number of aromatic nitrogens is 1. The summed E-state index contributed by atoms with van der Waals surface area (Å²) in [6, 6.07) is 3.91. The zero-order valence-electron chi connectivity index (χ0n) is 9.06. The number of hydrogen-bond donors (Lipinski definition) is 1. The number of ether oxygens (including phenoxy) is 1. The van der Waals surface area contributed by atoms with E-state index in [4.69, 9.17) is 10.5 Å². The number of nitrogen functional groups attached to an aromatic ring is 1. The monoisotopic (exact) mass is 224 g/mol. The Kier molecular flexibility index (Phi) is 3.17. The van der Waals surface area contributed by atoms with Crippen molar-refractivity contribution in [2.75, 3.05) is 12.3 Å². The van der Waals surface area contributed by atoms with Gasteiger partial charge in [0.2, 0.25) is 0 Å². The van der Waals surface area contributed by atoms with Gasteiger partial charge in [-0.2, -0.15) is 0 Å². The first-order chi connectivity index (χ1) is 7.16. The van der Waals surface area contributed by atoms with Crippen molar-refractivity contribution in [3.8, 4) is 0 Å². The lowest BCUT2D eigenvalue weighted by molar-refractivity contribution is 0.127. The third-order valence-electron chi connectivity index (χ3n) is 2.68. The zero-order chi connectivity index (χ0) is 10.8. The molecule has 15 heavy (non-hydrogen) atoms. The van der Waals surface area contributed by atoms with Crippen molar-refractivity contribution in [1.29, 1.82) is 0 Å². The molecule has 2 N–H and O–H groups in total. The van der Waals surface area contributed by atoms with Crippen LogP contribution in [0.3, 0.4) is 0 Å². The molecule has 1 aliphatic rings. The SMILES string of the molecule is Cc1nc(SC2CCOC2C)ccc1N. The summed E-state index contributed by atoms with van der Waals surface area (Å²) >= 11 is 1.79. The molecule has 1 fully saturated rings. The van der Waals surface area contributed by atoms with Crippen LogP contribution in [0, 0.1) is 6.92 Å². The van der Waals surface area contributed by atoms with Gasteiger partial charge in [0.05, 0.1) is 22.5 Å². The maximum atomic E-state index is 5.73. The lowest BCUT2D eigenvalue weighted by Crippen LogP contribution is -2.13. The summed E-state index contributed by atoms with van der Waals surface area (Å²) in [7, 11) is 0. The van der Waals surface area contributed by atoms with Gasteiger partial charge in [-0.15, -0.1) is 11.8 Å². The quantitative estimate of drug-likeness (QED) is 0.837. The van der Waals surface area contributed by atoms with Crippen molar-refractivity contribution >= 4 is 17.4 Å². The minimum atomic E-state index is 0.328. The Hall–Kier alpha value is -0.740. The maximum Gasteiger partial charge on any atom is 0.0968 e. The van der Waals surface area contributed by atoms with Crippen LogP contribution in [-0.2, 0) is 4.74 Å². The summed E-state index contributed by atoms with van der Waals surface area (Å²) in [6.07, 6.45) is 1.44. The van der Waals surface area contributed by atoms with Crippen molar-refractivity contribution in [2.45, 2.75) is 36.6 Å². The molecule has 82 valence electrons. The summed E-state index contributed by atoms with van der Waals surface area (Å²) in [4.78, 5) is 4.45. The van der Waals surface area contributed by atoms with Crippen LogP contribution in [0.5, 0.6) is 0 Å². The molecule has 0 aliphatic carbocycles. The molecule has 1 aromatic heterocycles. The first-order valence-electron chi connectivity index (χ1n) is 5.18. The van der Waals surface area contributed by atoms with E-state index >= 15 is 0 Å². The fraction of sp³-hybridized carbons (Fsp3) is 0.545. The molecule has 0 radical (unpaired) electrons. The number of aryl methyl sites for hydroxylation is 1. The number of rotatable bonds is 2. The number of nitrogens with zero attached hydrogens (tertiary/aromatic N) is 1. The minimum absolute atomic E-state index is 0.328. The molecule has 2 rings (SSSR count). The highest BCUT2D eigenvalue weighted by Gasteiger charge is 2.25. The van der Waals surface area contributed by atoms with Crippen LogP contribution < -0.4 is 5.73 Å². The van der Waals surface area contributed by atoms with E-state index in [-0.39, 0.29) is 0 Å². The lowest BCUT2D eigenvalue weighted by Gasteiger charge is -2.13. The molecule has 0 saturated carbocycles. The summed E-state index contributed by atoms with van der Waals surface area (Å²) in [5.74, 6) is 0. The molecule has 2 atom stereocenters. The van der Waals surface area contributed by atoms with Crippen LogP contribution in [0.25, 0.3) is 0 Å². The first kappa shape index (κ1) is 10.8. The van der Waals surface area contributed by atoms with Gasteiger partial charge in [-0.3, -0.25) is 0 Å². The smallest absolute Gasteiger partial charge is 0.0968 e. The maximum absolute atomic E-state index is 5.73. The fourth-order valence-electron chi connectivity index (χ4n) is 1.64. The van der Waals surface area contributed by atoms with Crippen LogP contribution in [0.15, 0.2) is 17.2 Å². The summed E-state index contributed by atoms with van der Waals surface area (Å²) in [6.45, 7) is 4.93. The minimum Gasteiger partial charge on any atom is -0.397 e. The molecule has 2 heterocycles. The molecular formula is C11H16N2OS. The van der Waals surface area contributed by atoms with E-state index in [1.54, 1.807) is 11.8 Å². The van der Waals surface area contributed by atoms with Crippen LogP contribution in [0.1, 0.15) is 19.0 Å². The predicted octanol–water partition coefficient (Wildman–Crippen LogP) is 2.24. The van der Waals surface area contributed by atoms with Crippen LogP contribution in [0.2, 0.25) is 0 Å². The Morgan fingerprint density at radius 1 is 1.53 bits per heavy atom. The Morgan fingerprint density at radius 3 is 2.93 bits per heavy atom. The second kappa shape index (κ2) is 4.41. The highest BCUT2D eigenvalue weighted by molar-refractivity contribution is 7.99. The lowest BCUT2D eigenvalue weighted by atomic mass is 10.3. The highest BCUT2D eigenvalue weighted by atomic mass is 32.2. The van der Waals surface area contributed by atoms with E-state index in [0.29, 0.717) is 11.4 Å². The average molecular weight is 224 g/mol. The van der Waals surface area contributed by atoms with Gasteiger partial charge in [0.25, 0.3) is 0 Å². The van der Waals surface area contributed by atoms with Gasteiger partial charge >= 0.3 is 0 Å². The Morgan fingerprint density at radius 2 is 2.33 bits per heavy atom. The van der Waals surface area contributed by atoms with Crippen molar-refractivity contribution in [3.63, 3.8) is 0 Å². The molecule has 1 aromatic rings. The molecule has 3 nitrogen and oxygen atoms in total. The largest absolute Gasteiger partial charge is 0.397 e. The molecule has 0 amide bonds. The Labute approximate surface area is 94.4 Å². The summed E-state index contributed by atoms with van der Waals surface area (Å²) < 4.78 is 5.52. The van der Waals surface area contributed by atoms with Crippen molar-refractivity contribution in [2.24, 2.45) is 0 Å². The average Bonchev–Trinajstić information content (AvgIpc) is 2.59. The molecule has 1 aliphatic heterocycles. The highest BCUT2D eigenvalue weighted by Crippen LogP contribution is 2.31. The molecule has 0 bridgehead atoms. The van der Waals surface area contributed by atoms with E-state index in [9.17, 15) is 0 Å². The van der Waals surface area contributed by atoms with Crippen molar-refractivity contribution < 1.29 is 4.74 Å². The first-order valence-corrected chi connectivity index (χ1v) is 6.06. The number of nitrogens with two attached hydrogens (primary N) is 1. The van der Waals surface area contributed by atoms with Crippen LogP contribution >= 0.6 is 11.8 Å². The fourth-order valence-corrected chi connectivity index (χ4v) is 2.77. The number of pyridine rings is 1. The van der Waals surface area contributed by atoms with E-state index in [2.05, 4.69) is 11.9 Å². The van der Waals surface area contributed by atoms with Crippen molar-refractivity contribution in [1.82, 2.24) is 4.98 Å². The normalized spacial score (nSPS) is 25.7. The van der Waals surface area contributed by atoms with Gasteiger partial charge in [-0.1, -0.05) is 0 Å². The van der Waals surface area contributed by atoms with Gasteiger partial charge in [-0.05, 0) is 32.4 Å². The molecule has 0 aromatic carbocycles. The standard InChI is InChI=1S/C11H16N2OS/c1-7-9(12)3-4-11(13-7)15-10-5-6-14-8(10)2/h3-4,8,10H,5-6,12H2,1-2H3. The van der Waals surface area contributed by atoms with Crippen LogP contribution in [0.4, 0.5) is 5.69 Å². The predicted molar refractivity (Wildman–Crippen MR) is 63.1 cm³/mol. The van der Waals surface area contributed by atoms with Gasteiger partial charge in [0, 0.05) is 11.9 Å². The Bertz CT molecular complexity index is 356. The topological polar surface area (TPSA) is 48.1 Å². The molecule has 0 spiro atoms. The van der Waals surface area contributed by atoms with Gasteiger partial charge < -0.3 is 10.5 Å². The van der Waals surface area contributed by atoms with E-state index in [0.717, 1.165) is 29.4 Å². The second-order valence-electron chi connectivity index (χ2n) is 3.85. The van der Waals surface area contributed by atoms with E-state index in [1.165, 1.54) is 0 Å². The number of hydrogen-bond acceptors (Lipinski definition) is 4. The second-order valence-corrected chi connectivity index (χ2v) is 5.10.